The van der Waals surface area contributed by atoms with Gasteiger partial charge in [-0.05, 0) is 18.1 Å². The average Bonchev–Trinajstić information content (AvgIpc) is 3.12. The van der Waals surface area contributed by atoms with Crippen molar-refractivity contribution in [2.45, 2.75) is 32.9 Å². The Labute approximate surface area is 188 Å². The molecule has 2 saturated heterocycles. The number of methoxy groups -OCH3 is 1. The fourth-order valence-corrected chi connectivity index (χ4v) is 4.73. The van der Waals surface area contributed by atoms with E-state index in [0.29, 0.717) is 17.8 Å². The first kappa shape index (κ1) is 21.0. The van der Waals surface area contributed by atoms with E-state index < -0.39 is 0 Å². The van der Waals surface area contributed by atoms with Crippen molar-refractivity contribution in [3.63, 3.8) is 0 Å². The Kier molecular flexibility index (Phi) is 5.60. The van der Waals surface area contributed by atoms with Gasteiger partial charge in [0.1, 0.15) is 11.3 Å². The Hall–Kier alpha value is -2.91. The lowest BCUT2D eigenvalue weighted by molar-refractivity contribution is -0.0444. The predicted octanol–water partition coefficient (Wildman–Crippen LogP) is 2.08. The highest BCUT2D eigenvalue weighted by molar-refractivity contribution is 5.85. The Balaban J connectivity index is 1.31. The molecule has 0 aliphatic carbocycles. The van der Waals surface area contributed by atoms with Crippen LogP contribution in [0.25, 0.3) is 11.0 Å². The van der Waals surface area contributed by atoms with Gasteiger partial charge >= 0.3 is 0 Å². The zero-order valence-corrected chi connectivity index (χ0v) is 18.9. The SMILES string of the molecule is CCCCNc1nc(N)nc2cn(Cc3ccc(CN4CC5(CNC5)C4)cc3OC)nc12. The number of anilines is 2. The van der Waals surface area contributed by atoms with Gasteiger partial charge in [0.25, 0.3) is 0 Å². The van der Waals surface area contributed by atoms with Crippen LogP contribution < -0.4 is 21.1 Å². The number of unbranched alkanes of at least 4 members (excludes halogenated alkanes) is 1. The minimum Gasteiger partial charge on any atom is -0.496 e. The summed E-state index contributed by atoms with van der Waals surface area (Å²) in [6, 6.07) is 6.49. The molecule has 9 nitrogen and oxygen atoms in total. The van der Waals surface area contributed by atoms with Crippen molar-refractivity contribution >= 4 is 22.8 Å². The highest BCUT2D eigenvalue weighted by Crippen LogP contribution is 2.35. The number of ether oxygens (including phenoxy) is 1. The second kappa shape index (κ2) is 8.55. The maximum absolute atomic E-state index is 5.91. The molecule has 170 valence electrons. The van der Waals surface area contributed by atoms with E-state index in [2.05, 4.69) is 50.6 Å². The van der Waals surface area contributed by atoms with Crippen molar-refractivity contribution in [1.82, 2.24) is 30.0 Å². The summed E-state index contributed by atoms with van der Waals surface area (Å²) in [6.07, 6.45) is 4.08. The highest BCUT2D eigenvalue weighted by atomic mass is 16.5. The molecular formula is C23H32N8O. The van der Waals surface area contributed by atoms with Crippen LogP contribution in [0.5, 0.6) is 5.75 Å². The summed E-state index contributed by atoms with van der Waals surface area (Å²) in [5.41, 5.74) is 10.3. The van der Waals surface area contributed by atoms with Crippen molar-refractivity contribution in [3.05, 3.63) is 35.5 Å². The molecule has 0 saturated carbocycles. The maximum Gasteiger partial charge on any atom is 0.222 e. The summed E-state index contributed by atoms with van der Waals surface area (Å²) in [7, 11) is 1.72. The van der Waals surface area contributed by atoms with Gasteiger partial charge < -0.3 is 21.1 Å². The van der Waals surface area contributed by atoms with E-state index in [4.69, 9.17) is 15.6 Å². The molecule has 2 aliphatic rings. The monoisotopic (exact) mass is 436 g/mol. The highest BCUT2D eigenvalue weighted by Gasteiger charge is 2.47. The zero-order valence-electron chi connectivity index (χ0n) is 18.9. The summed E-state index contributed by atoms with van der Waals surface area (Å²) >= 11 is 0. The number of nitrogens with two attached hydrogens (primary N) is 1. The molecule has 32 heavy (non-hydrogen) atoms. The van der Waals surface area contributed by atoms with Gasteiger partial charge in [-0.25, -0.2) is 4.98 Å². The van der Waals surface area contributed by atoms with Crippen LogP contribution in [0.4, 0.5) is 11.8 Å². The molecule has 3 aromatic rings. The molecule has 1 aromatic carbocycles. The first-order valence-electron chi connectivity index (χ1n) is 11.4. The molecule has 0 amide bonds. The number of fused-ring (bicyclic) bond motifs is 1. The summed E-state index contributed by atoms with van der Waals surface area (Å²) in [6.45, 7) is 9.24. The fraction of sp³-hybridized carbons (Fsp3) is 0.522. The molecule has 0 bridgehead atoms. The van der Waals surface area contributed by atoms with Crippen molar-refractivity contribution in [2.24, 2.45) is 5.41 Å². The quantitative estimate of drug-likeness (QED) is 0.438. The second-order valence-corrected chi connectivity index (χ2v) is 9.17. The number of rotatable bonds is 9. The molecule has 4 heterocycles. The smallest absolute Gasteiger partial charge is 0.222 e. The lowest BCUT2D eigenvalue weighted by atomic mass is 9.74. The van der Waals surface area contributed by atoms with Crippen LogP contribution in [0.3, 0.4) is 0 Å². The van der Waals surface area contributed by atoms with Gasteiger partial charge in [0.15, 0.2) is 11.3 Å². The Bertz CT molecular complexity index is 1100. The largest absolute Gasteiger partial charge is 0.496 e. The maximum atomic E-state index is 5.91. The third-order valence-corrected chi connectivity index (χ3v) is 6.46. The molecule has 2 fully saturated rings. The molecule has 0 atom stereocenters. The fourth-order valence-electron chi connectivity index (χ4n) is 4.73. The lowest BCUT2D eigenvalue weighted by Gasteiger charge is -2.56. The Morgan fingerprint density at radius 2 is 2.06 bits per heavy atom. The van der Waals surface area contributed by atoms with Crippen LogP contribution >= 0.6 is 0 Å². The molecule has 9 heteroatoms. The standard InChI is InChI=1S/C23H32N8O/c1-3-4-7-26-21-20-18(27-22(24)28-21)11-31(29-20)10-17-6-5-16(8-19(17)32-2)9-30-14-23(15-30)12-25-13-23/h5-6,8,11,25H,3-4,7,9-10,12-15H2,1-2H3,(H3,24,26,27,28). The Morgan fingerprint density at radius 1 is 1.22 bits per heavy atom. The summed E-state index contributed by atoms with van der Waals surface area (Å²) in [4.78, 5) is 11.2. The molecule has 0 unspecified atom stereocenters. The first-order valence-corrected chi connectivity index (χ1v) is 11.4. The number of aromatic nitrogens is 4. The molecule has 1 spiro atoms. The number of likely N-dealkylation sites (tertiary alicyclic amines) is 1. The van der Waals surface area contributed by atoms with Gasteiger partial charge in [0.05, 0.1) is 19.9 Å². The average molecular weight is 437 g/mol. The van der Waals surface area contributed by atoms with Gasteiger partial charge in [-0.1, -0.05) is 25.5 Å². The molecule has 0 radical (unpaired) electrons. The van der Waals surface area contributed by atoms with Crippen molar-refractivity contribution < 1.29 is 4.74 Å². The second-order valence-electron chi connectivity index (χ2n) is 9.17. The first-order chi connectivity index (χ1) is 15.6. The lowest BCUT2D eigenvalue weighted by Crippen LogP contribution is -2.70. The van der Waals surface area contributed by atoms with E-state index in [1.807, 2.05) is 10.9 Å². The normalized spacial score (nSPS) is 17.3. The molecular weight excluding hydrogens is 404 g/mol. The minimum atomic E-state index is 0.253. The van der Waals surface area contributed by atoms with Crippen LogP contribution in [-0.4, -0.2) is 64.5 Å². The topological polar surface area (TPSA) is 106 Å². The number of nitrogen functional groups attached to an aromatic ring is 1. The van der Waals surface area contributed by atoms with E-state index in [9.17, 15) is 0 Å². The summed E-state index contributed by atoms with van der Waals surface area (Å²) < 4.78 is 7.60. The number of hydrogen-bond acceptors (Lipinski definition) is 8. The van der Waals surface area contributed by atoms with Crippen LogP contribution in [0.1, 0.15) is 30.9 Å². The predicted molar refractivity (Wildman–Crippen MR) is 126 cm³/mol. The van der Waals surface area contributed by atoms with E-state index in [0.717, 1.165) is 61.4 Å². The van der Waals surface area contributed by atoms with Crippen molar-refractivity contribution in [2.75, 3.05) is 50.9 Å². The van der Waals surface area contributed by atoms with Gasteiger partial charge in [-0.3, -0.25) is 9.58 Å². The minimum absolute atomic E-state index is 0.253. The van der Waals surface area contributed by atoms with E-state index >= 15 is 0 Å². The van der Waals surface area contributed by atoms with E-state index in [1.54, 1.807) is 7.11 Å². The van der Waals surface area contributed by atoms with E-state index in [1.165, 1.54) is 18.7 Å². The Morgan fingerprint density at radius 3 is 2.78 bits per heavy atom. The molecule has 2 aliphatic heterocycles. The van der Waals surface area contributed by atoms with Crippen molar-refractivity contribution in [1.29, 1.82) is 0 Å². The molecule has 5 rings (SSSR count). The summed E-state index contributed by atoms with van der Waals surface area (Å²) in [5.74, 6) is 1.83. The third-order valence-electron chi connectivity index (χ3n) is 6.46. The third kappa shape index (κ3) is 4.10. The number of nitrogens with zero attached hydrogens (tertiary/aromatic N) is 5. The van der Waals surface area contributed by atoms with Gasteiger partial charge in [-0.15, -0.1) is 0 Å². The zero-order chi connectivity index (χ0) is 22.1. The number of benzene rings is 1. The van der Waals surface area contributed by atoms with Gasteiger partial charge in [0.2, 0.25) is 5.95 Å². The van der Waals surface area contributed by atoms with Crippen LogP contribution in [0.2, 0.25) is 0 Å². The summed E-state index contributed by atoms with van der Waals surface area (Å²) in [5, 5.41) is 11.5. The number of hydrogen-bond donors (Lipinski definition) is 3. The van der Waals surface area contributed by atoms with Crippen LogP contribution in [0.15, 0.2) is 24.4 Å². The molecule has 4 N–H and O–H groups in total. The number of nitrogens with one attached hydrogen (secondary N) is 2. The van der Waals surface area contributed by atoms with E-state index in [-0.39, 0.29) is 5.95 Å². The van der Waals surface area contributed by atoms with Gasteiger partial charge in [-0.2, -0.15) is 10.1 Å². The molecule has 2 aromatic heterocycles. The van der Waals surface area contributed by atoms with Gasteiger partial charge in [0, 0.05) is 50.2 Å². The van der Waals surface area contributed by atoms with Crippen LogP contribution in [0, 0.1) is 5.41 Å². The van der Waals surface area contributed by atoms with Crippen molar-refractivity contribution in [3.8, 4) is 5.75 Å². The van der Waals surface area contributed by atoms with Crippen LogP contribution in [-0.2, 0) is 13.1 Å².